The van der Waals surface area contributed by atoms with Crippen LogP contribution >= 0.6 is 6.80 Å². The molecule has 0 aromatic rings. The van der Waals surface area contributed by atoms with Crippen molar-refractivity contribution in [3.05, 3.63) is 0 Å². The molecule has 0 bridgehead atoms. The highest BCUT2D eigenvalue weighted by Crippen LogP contribution is 2.45. The van der Waals surface area contributed by atoms with Gasteiger partial charge in [-0.05, 0) is 25.2 Å². The molecule has 0 spiro atoms. The van der Waals surface area contributed by atoms with Crippen molar-refractivity contribution in [2.45, 2.75) is 52.1 Å². The van der Waals surface area contributed by atoms with Gasteiger partial charge in [0.1, 0.15) is 0 Å². The topological polar surface area (TPSA) is 29.5 Å². The molecule has 0 aromatic carbocycles. The molecule has 0 aromatic heterocycles. The van der Waals surface area contributed by atoms with Crippen LogP contribution in [0.3, 0.4) is 0 Å². The van der Waals surface area contributed by atoms with E-state index in [0.29, 0.717) is 0 Å². The Morgan fingerprint density at radius 3 is 2.54 bits per heavy atom. The van der Waals surface area contributed by atoms with Crippen molar-refractivity contribution in [1.82, 2.24) is 0 Å². The molecule has 0 fully saturated rings. The molecule has 0 heterocycles. The molecule has 0 saturated carbocycles. The average molecular weight is 228 g/mol. The number of rotatable bonds is 7. The lowest BCUT2D eigenvalue weighted by Gasteiger charge is -2.13. The van der Waals surface area contributed by atoms with Crippen LogP contribution < -0.4 is 0 Å². The van der Waals surface area contributed by atoms with E-state index in [-0.39, 0.29) is 6.10 Å². The van der Waals surface area contributed by atoms with Crippen molar-refractivity contribution in [2.75, 3.05) is 0 Å². The Hall–Kier alpha value is 0.500. The molecular weight excluding hydrogens is 210 g/mol. The van der Waals surface area contributed by atoms with E-state index in [9.17, 15) is 4.20 Å². The molecule has 13 heavy (non-hydrogen) atoms. The molecule has 2 atom stereocenters. The first-order valence-electron chi connectivity index (χ1n) is 4.66. The molecule has 0 rings (SSSR count). The lowest BCUT2D eigenvalue weighted by molar-refractivity contribution is 0.188. The molecular formula is C8H18FO2PS. The summed E-state index contributed by atoms with van der Waals surface area (Å²) in [4.78, 5) is 8.63. The Kier molecular flexibility index (Phi) is 7.15. The second-order valence-electron chi connectivity index (χ2n) is 3.22. The fraction of sp³-hybridized carbons (Fsp3) is 1.00. The molecule has 0 aliphatic rings. The van der Waals surface area contributed by atoms with Crippen molar-refractivity contribution in [2.24, 2.45) is 0 Å². The van der Waals surface area contributed by atoms with Crippen LogP contribution in [0, 0.1) is 0 Å². The molecule has 0 aliphatic heterocycles. The van der Waals surface area contributed by atoms with E-state index in [1.54, 1.807) is 6.92 Å². The first-order valence-corrected chi connectivity index (χ1v) is 7.23. The number of halogens is 1. The van der Waals surface area contributed by atoms with Gasteiger partial charge in [-0.15, -0.1) is 0 Å². The van der Waals surface area contributed by atoms with Gasteiger partial charge in [-0.25, -0.2) is 0 Å². The van der Waals surface area contributed by atoms with Gasteiger partial charge in [-0.1, -0.05) is 32.6 Å². The Morgan fingerprint density at radius 2 is 2.08 bits per heavy atom. The molecule has 0 aliphatic carbocycles. The van der Waals surface area contributed by atoms with Crippen LogP contribution in [-0.4, -0.2) is 11.0 Å². The molecule has 0 radical (unpaired) electrons. The summed E-state index contributed by atoms with van der Waals surface area (Å²) in [5.74, 6) is 0. The third-order valence-electron chi connectivity index (χ3n) is 1.77. The van der Waals surface area contributed by atoms with Crippen molar-refractivity contribution in [3.63, 3.8) is 0 Å². The van der Waals surface area contributed by atoms with Gasteiger partial charge < -0.3 is 9.42 Å². The first kappa shape index (κ1) is 13.5. The zero-order chi connectivity index (χ0) is 10.3. The lowest BCUT2D eigenvalue weighted by Crippen LogP contribution is -2.04. The maximum absolute atomic E-state index is 12.5. The third kappa shape index (κ3) is 10.4. The normalized spacial score (nSPS) is 18.2. The highest BCUT2D eigenvalue weighted by atomic mass is 32.5. The minimum absolute atomic E-state index is 0.266. The summed E-state index contributed by atoms with van der Waals surface area (Å²) in [6, 6.07) is 0. The number of hydrogen-bond acceptors (Lipinski definition) is 2. The summed E-state index contributed by atoms with van der Waals surface area (Å²) >= 11 is 4.14. The highest BCUT2D eigenvalue weighted by molar-refractivity contribution is 8.06. The lowest BCUT2D eigenvalue weighted by atomic mass is 10.1. The minimum atomic E-state index is -3.94. The van der Waals surface area contributed by atoms with E-state index in [1.165, 1.54) is 12.8 Å². The molecule has 1 N–H and O–H groups in total. The van der Waals surface area contributed by atoms with Gasteiger partial charge in [0.15, 0.2) is 0 Å². The van der Waals surface area contributed by atoms with E-state index in [0.717, 1.165) is 19.3 Å². The zero-order valence-corrected chi connectivity index (χ0v) is 9.91. The van der Waals surface area contributed by atoms with Gasteiger partial charge in [0.25, 0.3) is 0 Å². The molecule has 2 nitrogen and oxygen atoms in total. The highest BCUT2D eigenvalue weighted by Gasteiger charge is 2.15. The van der Waals surface area contributed by atoms with Crippen LogP contribution in [-0.2, 0) is 16.3 Å². The predicted octanol–water partition coefficient (Wildman–Crippen LogP) is 3.55. The average Bonchev–Trinajstić information content (AvgIpc) is 1.94. The number of unbranched alkanes of at least 4 members (excludes halogenated alkanes) is 3. The summed E-state index contributed by atoms with van der Waals surface area (Å²) in [7, 11) is 0. The molecule has 0 amide bonds. The Bertz CT molecular complexity index is 172. The maximum atomic E-state index is 12.5. The van der Waals surface area contributed by atoms with Crippen LogP contribution in [0.25, 0.3) is 0 Å². The first-order chi connectivity index (χ1) is 5.95. The zero-order valence-electron chi connectivity index (χ0n) is 8.20. The van der Waals surface area contributed by atoms with Crippen LogP contribution in [0.5, 0.6) is 0 Å². The van der Waals surface area contributed by atoms with Crippen LogP contribution in [0.2, 0.25) is 0 Å². The second-order valence-corrected chi connectivity index (χ2v) is 5.68. The fourth-order valence-corrected chi connectivity index (χ4v) is 2.12. The SMILES string of the molecule is CCCCCCC(C)OP(O)(F)=S. The third-order valence-corrected chi connectivity index (χ3v) is 2.65. The van der Waals surface area contributed by atoms with E-state index in [2.05, 4.69) is 23.3 Å². The van der Waals surface area contributed by atoms with E-state index in [1.807, 2.05) is 0 Å². The van der Waals surface area contributed by atoms with Gasteiger partial charge >= 0.3 is 6.80 Å². The van der Waals surface area contributed by atoms with Crippen molar-refractivity contribution < 1.29 is 13.6 Å². The Balaban J connectivity index is 3.41. The summed E-state index contributed by atoms with van der Waals surface area (Å²) in [5, 5.41) is 0. The van der Waals surface area contributed by atoms with Crippen LogP contribution in [0.15, 0.2) is 0 Å². The summed E-state index contributed by atoms with van der Waals surface area (Å²) < 4.78 is 17.1. The molecule has 2 unspecified atom stereocenters. The van der Waals surface area contributed by atoms with Crippen molar-refractivity contribution in [3.8, 4) is 0 Å². The largest absolute Gasteiger partial charge is 0.363 e. The summed E-state index contributed by atoms with van der Waals surface area (Å²) in [6.45, 7) is -0.0713. The van der Waals surface area contributed by atoms with Gasteiger partial charge in [0.05, 0.1) is 6.10 Å². The second kappa shape index (κ2) is 6.88. The standard InChI is InChI=1S/C8H18FO2PS/c1-3-4-5-6-7-8(2)11-12(9,10)13/h8H,3-7H2,1-2H3,(H,10,13). The number of hydrogen-bond donors (Lipinski definition) is 1. The smallest absolute Gasteiger partial charge is 0.321 e. The van der Waals surface area contributed by atoms with Crippen LogP contribution in [0.4, 0.5) is 4.20 Å². The minimum Gasteiger partial charge on any atom is -0.321 e. The van der Waals surface area contributed by atoms with Crippen molar-refractivity contribution >= 4 is 18.6 Å². The molecule has 5 heteroatoms. The summed E-state index contributed by atoms with van der Waals surface area (Å²) in [5.41, 5.74) is 0. The maximum Gasteiger partial charge on any atom is 0.363 e. The molecule has 0 saturated heterocycles. The van der Waals surface area contributed by atoms with E-state index in [4.69, 9.17) is 4.89 Å². The molecule has 80 valence electrons. The summed E-state index contributed by atoms with van der Waals surface area (Å²) in [6.07, 6.45) is 5.00. The van der Waals surface area contributed by atoms with Crippen molar-refractivity contribution in [1.29, 1.82) is 0 Å². The van der Waals surface area contributed by atoms with Gasteiger partial charge in [0.2, 0.25) is 0 Å². The fourth-order valence-electron chi connectivity index (χ4n) is 1.13. The Labute approximate surface area is 84.8 Å². The van der Waals surface area contributed by atoms with E-state index < -0.39 is 6.80 Å². The van der Waals surface area contributed by atoms with Crippen LogP contribution in [0.1, 0.15) is 46.0 Å². The van der Waals surface area contributed by atoms with Gasteiger partial charge in [-0.2, -0.15) is 4.20 Å². The van der Waals surface area contributed by atoms with Gasteiger partial charge in [-0.3, -0.25) is 0 Å². The van der Waals surface area contributed by atoms with Gasteiger partial charge in [0, 0.05) is 0 Å². The predicted molar refractivity (Wildman–Crippen MR) is 56.9 cm³/mol. The van der Waals surface area contributed by atoms with E-state index >= 15 is 0 Å². The quantitative estimate of drug-likeness (QED) is 0.533. The monoisotopic (exact) mass is 228 g/mol. The Morgan fingerprint density at radius 1 is 1.46 bits per heavy atom.